The number of carbonyl (C=O) groups is 1. The van der Waals surface area contributed by atoms with E-state index in [1.807, 2.05) is 6.20 Å². The van der Waals surface area contributed by atoms with Gasteiger partial charge in [0.15, 0.2) is 0 Å². The highest BCUT2D eigenvalue weighted by Crippen LogP contribution is 2.24. The van der Waals surface area contributed by atoms with Crippen molar-refractivity contribution in [1.29, 1.82) is 0 Å². The van der Waals surface area contributed by atoms with E-state index < -0.39 is 0 Å². The van der Waals surface area contributed by atoms with Crippen molar-refractivity contribution in [3.63, 3.8) is 0 Å². The smallest absolute Gasteiger partial charge is 0.223 e. The third-order valence-electron chi connectivity index (χ3n) is 5.78. The number of hydrogen-bond donors (Lipinski definition) is 1. The van der Waals surface area contributed by atoms with Crippen LogP contribution in [-0.4, -0.2) is 32.1 Å². The molecule has 1 aliphatic heterocycles. The standard InChI is InChI=1S/C21H29N5O/c1-2-16-7-8-18(22-12-16)14-25-9-10-26-20(15-25)11-19(24-26)13-23-21(27)17-5-3-4-6-17/h7-8,11-12,17H,2-6,9-10,13-15H2,1H3,(H,23,27). The number of nitrogens with zero attached hydrogens (tertiary/aromatic N) is 4. The predicted molar refractivity (Wildman–Crippen MR) is 104 cm³/mol. The number of aromatic nitrogens is 3. The van der Waals surface area contributed by atoms with Crippen LogP contribution in [0.4, 0.5) is 0 Å². The minimum atomic E-state index is 0.196. The van der Waals surface area contributed by atoms with E-state index in [0.717, 1.165) is 56.8 Å². The third-order valence-corrected chi connectivity index (χ3v) is 5.78. The van der Waals surface area contributed by atoms with Gasteiger partial charge in [0.25, 0.3) is 0 Å². The van der Waals surface area contributed by atoms with Gasteiger partial charge in [-0.2, -0.15) is 5.10 Å². The molecule has 0 aromatic carbocycles. The molecular weight excluding hydrogens is 338 g/mol. The molecule has 0 bridgehead atoms. The first-order valence-corrected chi connectivity index (χ1v) is 10.2. The van der Waals surface area contributed by atoms with E-state index in [2.05, 4.69) is 50.1 Å². The first-order chi connectivity index (χ1) is 13.2. The largest absolute Gasteiger partial charge is 0.350 e. The minimum absolute atomic E-state index is 0.196. The normalized spacial score (nSPS) is 17.8. The van der Waals surface area contributed by atoms with Crippen LogP contribution in [-0.2, 0) is 37.4 Å². The summed E-state index contributed by atoms with van der Waals surface area (Å²) in [5.41, 5.74) is 4.57. The summed E-state index contributed by atoms with van der Waals surface area (Å²) < 4.78 is 2.08. The van der Waals surface area contributed by atoms with E-state index in [4.69, 9.17) is 0 Å². The first-order valence-electron chi connectivity index (χ1n) is 10.2. The highest BCUT2D eigenvalue weighted by Gasteiger charge is 2.23. The first kappa shape index (κ1) is 18.2. The van der Waals surface area contributed by atoms with Gasteiger partial charge in [-0.15, -0.1) is 0 Å². The van der Waals surface area contributed by atoms with Crippen LogP contribution >= 0.6 is 0 Å². The summed E-state index contributed by atoms with van der Waals surface area (Å²) in [6.07, 6.45) is 7.44. The molecule has 6 heteroatoms. The fraction of sp³-hybridized carbons (Fsp3) is 0.571. The summed E-state index contributed by atoms with van der Waals surface area (Å²) in [5.74, 6) is 0.408. The fourth-order valence-electron chi connectivity index (χ4n) is 4.10. The molecular formula is C21H29N5O. The van der Waals surface area contributed by atoms with Gasteiger partial charge in [-0.3, -0.25) is 19.4 Å². The zero-order chi connectivity index (χ0) is 18.6. The van der Waals surface area contributed by atoms with E-state index in [9.17, 15) is 4.79 Å². The molecule has 0 atom stereocenters. The maximum absolute atomic E-state index is 12.2. The van der Waals surface area contributed by atoms with Crippen LogP contribution < -0.4 is 5.32 Å². The molecule has 1 amide bonds. The molecule has 1 N–H and O–H groups in total. The molecule has 2 aromatic heterocycles. The van der Waals surface area contributed by atoms with Gasteiger partial charge in [0.1, 0.15) is 0 Å². The molecule has 0 radical (unpaired) electrons. The number of rotatable bonds is 6. The lowest BCUT2D eigenvalue weighted by Gasteiger charge is -2.27. The Balaban J connectivity index is 1.32. The molecule has 0 unspecified atom stereocenters. The molecule has 6 nitrogen and oxygen atoms in total. The molecule has 1 saturated carbocycles. The summed E-state index contributed by atoms with van der Waals surface area (Å²) in [4.78, 5) is 19.2. The van der Waals surface area contributed by atoms with Crippen LogP contribution in [0.5, 0.6) is 0 Å². The van der Waals surface area contributed by atoms with Gasteiger partial charge in [-0.1, -0.05) is 25.8 Å². The second-order valence-electron chi connectivity index (χ2n) is 7.77. The molecule has 0 spiro atoms. The molecule has 4 rings (SSSR count). The second-order valence-corrected chi connectivity index (χ2v) is 7.77. The lowest BCUT2D eigenvalue weighted by molar-refractivity contribution is -0.124. The summed E-state index contributed by atoms with van der Waals surface area (Å²) in [7, 11) is 0. The summed E-state index contributed by atoms with van der Waals surface area (Å²) >= 11 is 0. The van der Waals surface area contributed by atoms with Gasteiger partial charge in [0, 0.05) is 31.7 Å². The van der Waals surface area contributed by atoms with Crippen LogP contribution in [0.1, 0.15) is 55.3 Å². The summed E-state index contributed by atoms with van der Waals surface area (Å²) in [6, 6.07) is 6.44. The van der Waals surface area contributed by atoms with Crippen LogP contribution in [0, 0.1) is 5.92 Å². The SMILES string of the molecule is CCc1ccc(CN2CCn3nc(CNC(=O)C4CCCC4)cc3C2)nc1. The van der Waals surface area contributed by atoms with Crippen molar-refractivity contribution in [2.75, 3.05) is 6.54 Å². The quantitative estimate of drug-likeness (QED) is 0.853. The molecule has 144 valence electrons. The lowest BCUT2D eigenvalue weighted by atomic mass is 10.1. The topological polar surface area (TPSA) is 63.1 Å². The Kier molecular flexibility index (Phi) is 5.53. The van der Waals surface area contributed by atoms with Crippen LogP contribution in [0.2, 0.25) is 0 Å². The number of nitrogens with one attached hydrogen (secondary N) is 1. The van der Waals surface area contributed by atoms with Crippen LogP contribution in [0.3, 0.4) is 0 Å². The van der Waals surface area contributed by atoms with Crippen LogP contribution in [0.15, 0.2) is 24.4 Å². The Labute approximate surface area is 161 Å². The molecule has 1 fully saturated rings. The van der Waals surface area contributed by atoms with E-state index in [1.54, 1.807) is 0 Å². The van der Waals surface area contributed by atoms with E-state index in [-0.39, 0.29) is 11.8 Å². The van der Waals surface area contributed by atoms with Crippen molar-refractivity contribution in [3.8, 4) is 0 Å². The number of hydrogen-bond acceptors (Lipinski definition) is 4. The highest BCUT2D eigenvalue weighted by atomic mass is 16.1. The van der Waals surface area contributed by atoms with E-state index in [0.29, 0.717) is 6.54 Å². The molecule has 1 aliphatic carbocycles. The Morgan fingerprint density at radius 3 is 2.81 bits per heavy atom. The van der Waals surface area contributed by atoms with Gasteiger partial charge in [-0.05, 0) is 37.0 Å². The van der Waals surface area contributed by atoms with Crippen molar-refractivity contribution < 1.29 is 4.79 Å². The average Bonchev–Trinajstić information content (AvgIpc) is 3.36. The van der Waals surface area contributed by atoms with Crippen molar-refractivity contribution >= 4 is 5.91 Å². The monoisotopic (exact) mass is 367 g/mol. The molecule has 27 heavy (non-hydrogen) atoms. The van der Waals surface area contributed by atoms with Gasteiger partial charge in [-0.25, -0.2) is 0 Å². The van der Waals surface area contributed by atoms with Gasteiger partial charge in [0.2, 0.25) is 5.91 Å². The van der Waals surface area contributed by atoms with E-state index in [1.165, 1.54) is 24.1 Å². The summed E-state index contributed by atoms with van der Waals surface area (Å²) in [6.45, 7) is 6.29. The van der Waals surface area contributed by atoms with Gasteiger partial charge < -0.3 is 5.32 Å². The number of pyridine rings is 1. The zero-order valence-corrected chi connectivity index (χ0v) is 16.2. The zero-order valence-electron chi connectivity index (χ0n) is 16.2. The number of carbonyl (C=O) groups excluding carboxylic acids is 1. The average molecular weight is 367 g/mol. The van der Waals surface area contributed by atoms with Crippen molar-refractivity contribution in [1.82, 2.24) is 25.0 Å². The Morgan fingerprint density at radius 2 is 2.07 bits per heavy atom. The second kappa shape index (κ2) is 8.21. The number of aryl methyl sites for hydroxylation is 1. The van der Waals surface area contributed by atoms with Crippen molar-refractivity contribution in [2.24, 2.45) is 5.92 Å². The minimum Gasteiger partial charge on any atom is -0.350 e. The lowest BCUT2D eigenvalue weighted by Crippen LogP contribution is -2.33. The number of fused-ring (bicyclic) bond motifs is 1. The fourth-order valence-corrected chi connectivity index (χ4v) is 4.10. The Bertz CT molecular complexity index is 776. The molecule has 2 aromatic rings. The van der Waals surface area contributed by atoms with Gasteiger partial charge in [0.05, 0.1) is 30.2 Å². The highest BCUT2D eigenvalue weighted by molar-refractivity contribution is 5.78. The van der Waals surface area contributed by atoms with Crippen molar-refractivity contribution in [3.05, 3.63) is 47.0 Å². The molecule has 3 heterocycles. The molecule has 0 saturated heterocycles. The third kappa shape index (κ3) is 4.38. The van der Waals surface area contributed by atoms with Crippen LogP contribution in [0.25, 0.3) is 0 Å². The Morgan fingerprint density at radius 1 is 1.22 bits per heavy atom. The Hall–Kier alpha value is -2.21. The van der Waals surface area contributed by atoms with Crippen molar-refractivity contribution in [2.45, 2.75) is 65.2 Å². The van der Waals surface area contributed by atoms with E-state index >= 15 is 0 Å². The number of amides is 1. The van der Waals surface area contributed by atoms with Gasteiger partial charge >= 0.3 is 0 Å². The molecule has 2 aliphatic rings. The predicted octanol–water partition coefficient (Wildman–Crippen LogP) is 2.66. The maximum Gasteiger partial charge on any atom is 0.223 e. The maximum atomic E-state index is 12.2. The summed E-state index contributed by atoms with van der Waals surface area (Å²) in [5, 5.41) is 7.75.